The standard InChI is InChI=1S/C25H25N3O3S2/c1-30-19-5-8-21(9-6-19)32-15-3-4-24(29)28(17-18-11-13-26-14-12-18)25-27-22-10-7-20(31-2)16-23(22)33-25/h5-14,16H,3-4,15,17H2,1-2H3. The number of thiazole rings is 1. The summed E-state index contributed by atoms with van der Waals surface area (Å²) in [7, 11) is 3.31. The highest BCUT2D eigenvalue weighted by molar-refractivity contribution is 7.99. The molecule has 4 aromatic rings. The largest absolute Gasteiger partial charge is 0.497 e. The second-order valence-electron chi connectivity index (χ2n) is 7.29. The number of methoxy groups -OCH3 is 2. The van der Waals surface area contributed by atoms with Crippen molar-refractivity contribution in [2.75, 3.05) is 24.9 Å². The minimum absolute atomic E-state index is 0.0631. The third-order valence-corrected chi connectivity index (χ3v) is 7.21. The molecular weight excluding hydrogens is 454 g/mol. The lowest BCUT2D eigenvalue weighted by atomic mass is 10.2. The number of ether oxygens (including phenoxy) is 2. The highest BCUT2D eigenvalue weighted by atomic mass is 32.2. The van der Waals surface area contributed by atoms with Crippen LogP contribution in [0.25, 0.3) is 10.2 Å². The molecule has 170 valence electrons. The van der Waals surface area contributed by atoms with Crippen LogP contribution in [0, 0.1) is 0 Å². The first-order valence-electron chi connectivity index (χ1n) is 10.6. The molecule has 2 aromatic heterocycles. The SMILES string of the molecule is COc1ccc(SCCCC(=O)N(Cc2ccncc2)c2nc3ccc(OC)cc3s2)cc1. The third-order valence-electron chi connectivity index (χ3n) is 5.07. The van der Waals surface area contributed by atoms with Crippen molar-refractivity contribution < 1.29 is 14.3 Å². The Morgan fingerprint density at radius 3 is 2.45 bits per heavy atom. The van der Waals surface area contributed by atoms with Gasteiger partial charge in [0.2, 0.25) is 5.91 Å². The number of hydrogen-bond donors (Lipinski definition) is 0. The van der Waals surface area contributed by atoms with E-state index >= 15 is 0 Å². The third kappa shape index (κ3) is 6.03. The Balaban J connectivity index is 1.45. The normalized spacial score (nSPS) is 10.8. The average molecular weight is 480 g/mol. The first kappa shape index (κ1) is 23.1. The summed E-state index contributed by atoms with van der Waals surface area (Å²) < 4.78 is 11.5. The van der Waals surface area contributed by atoms with Crippen molar-refractivity contribution in [1.29, 1.82) is 0 Å². The van der Waals surface area contributed by atoms with E-state index in [4.69, 9.17) is 14.5 Å². The molecule has 4 rings (SSSR count). The molecule has 0 radical (unpaired) electrons. The predicted molar refractivity (Wildman–Crippen MR) is 135 cm³/mol. The summed E-state index contributed by atoms with van der Waals surface area (Å²) in [5.41, 5.74) is 1.88. The molecular formula is C25H25N3O3S2. The Morgan fingerprint density at radius 2 is 1.73 bits per heavy atom. The van der Waals surface area contributed by atoms with E-state index in [9.17, 15) is 4.79 Å². The van der Waals surface area contributed by atoms with E-state index in [0.717, 1.165) is 44.3 Å². The molecule has 0 saturated carbocycles. The molecule has 0 N–H and O–H groups in total. The summed E-state index contributed by atoms with van der Waals surface area (Å²) in [5.74, 6) is 2.54. The fraction of sp³-hybridized carbons (Fsp3) is 0.240. The molecule has 0 fully saturated rings. The lowest BCUT2D eigenvalue weighted by Gasteiger charge is -2.20. The molecule has 0 unspecified atom stereocenters. The summed E-state index contributed by atoms with van der Waals surface area (Å²) in [6.45, 7) is 0.462. The first-order valence-corrected chi connectivity index (χ1v) is 12.4. The minimum atomic E-state index is 0.0631. The van der Waals surface area contributed by atoms with Gasteiger partial charge < -0.3 is 9.47 Å². The van der Waals surface area contributed by atoms with E-state index < -0.39 is 0 Å². The van der Waals surface area contributed by atoms with E-state index in [-0.39, 0.29) is 5.91 Å². The second-order valence-corrected chi connectivity index (χ2v) is 9.47. The van der Waals surface area contributed by atoms with Gasteiger partial charge in [0.15, 0.2) is 5.13 Å². The maximum Gasteiger partial charge on any atom is 0.229 e. The van der Waals surface area contributed by atoms with Crippen molar-refractivity contribution in [2.45, 2.75) is 24.3 Å². The fourth-order valence-corrected chi connectivity index (χ4v) is 5.15. The lowest BCUT2D eigenvalue weighted by molar-refractivity contribution is -0.118. The quantitative estimate of drug-likeness (QED) is 0.211. The van der Waals surface area contributed by atoms with Gasteiger partial charge in [0.05, 0.1) is 31.0 Å². The van der Waals surface area contributed by atoms with Gasteiger partial charge in [-0.2, -0.15) is 0 Å². The molecule has 0 aliphatic rings. The predicted octanol–water partition coefficient (Wildman–Crippen LogP) is 5.81. The van der Waals surface area contributed by atoms with Crippen molar-refractivity contribution >= 4 is 44.4 Å². The lowest BCUT2D eigenvalue weighted by Crippen LogP contribution is -2.30. The molecule has 0 aliphatic heterocycles. The number of thioether (sulfide) groups is 1. The molecule has 6 nitrogen and oxygen atoms in total. The van der Waals surface area contributed by atoms with Crippen LogP contribution in [0.2, 0.25) is 0 Å². The minimum Gasteiger partial charge on any atom is -0.497 e. The van der Waals surface area contributed by atoms with Gasteiger partial charge in [0.1, 0.15) is 11.5 Å². The van der Waals surface area contributed by atoms with Crippen LogP contribution in [-0.2, 0) is 11.3 Å². The molecule has 0 atom stereocenters. The van der Waals surface area contributed by atoms with Crippen LogP contribution in [0.5, 0.6) is 11.5 Å². The van der Waals surface area contributed by atoms with E-state index in [0.29, 0.717) is 18.1 Å². The molecule has 0 spiro atoms. The highest BCUT2D eigenvalue weighted by Crippen LogP contribution is 2.33. The van der Waals surface area contributed by atoms with Gasteiger partial charge in [0.25, 0.3) is 0 Å². The smallest absolute Gasteiger partial charge is 0.229 e. The van der Waals surface area contributed by atoms with Crippen LogP contribution in [0.1, 0.15) is 18.4 Å². The zero-order valence-electron chi connectivity index (χ0n) is 18.6. The number of carbonyl (C=O) groups is 1. The fourth-order valence-electron chi connectivity index (χ4n) is 3.29. The summed E-state index contributed by atoms with van der Waals surface area (Å²) in [5, 5.41) is 0.697. The van der Waals surface area contributed by atoms with Gasteiger partial charge in [-0.15, -0.1) is 11.8 Å². The number of carbonyl (C=O) groups excluding carboxylic acids is 1. The van der Waals surface area contributed by atoms with Crippen LogP contribution < -0.4 is 14.4 Å². The van der Waals surface area contributed by atoms with Gasteiger partial charge in [-0.3, -0.25) is 14.7 Å². The number of hydrogen-bond acceptors (Lipinski definition) is 7. The zero-order valence-corrected chi connectivity index (χ0v) is 20.2. The topological polar surface area (TPSA) is 64.5 Å². The Labute approximate surface area is 201 Å². The van der Waals surface area contributed by atoms with Crippen molar-refractivity contribution in [3.8, 4) is 11.5 Å². The van der Waals surface area contributed by atoms with Crippen molar-refractivity contribution in [3.63, 3.8) is 0 Å². The van der Waals surface area contributed by atoms with Gasteiger partial charge in [-0.25, -0.2) is 4.98 Å². The monoisotopic (exact) mass is 479 g/mol. The van der Waals surface area contributed by atoms with Crippen molar-refractivity contribution in [1.82, 2.24) is 9.97 Å². The maximum atomic E-state index is 13.3. The van der Waals surface area contributed by atoms with Crippen molar-refractivity contribution in [3.05, 3.63) is 72.6 Å². The molecule has 0 saturated heterocycles. The summed E-state index contributed by atoms with van der Waals surface area (Å²) in [6.07, 6.45) is 4.72. The number of pyridine rings is 1. The van der Waals surface area contributed by atoms with Gasteiger partial charge in [0, 0.05) is 23.7 Å². The molecule has 0 aliphatic carbocycles. The van der Waals surface area contributed by atoms with Crippen LogP contribution in [0.3, 0.4) is 0 Å². The average Bonchev–Trinajstić information content (AvgIpc) is 3.29. The number of rotatable bonds is 10. The number of anilines is 1. The van der Waals surface area contributed by atoms with Crippen LogP contribution in [-0.4, -0.2) is 35.8 Å². The number of aromatic nitrogens is 2. The Hall–Kier alpha value is -3.10. The Kier molecular flexibility index (Phi) is 7.80. The van der Waals surface area contributed by atoms with E-state index in [1.54, 1.807) is 43.3 Å². The van der Waals surface area contributed by atoms with Gasteiger partial charge in [-0.05, 0) is 72.3 Å². The molecule has 2 heterocycles. The Bertz CT molecular complexity index is 1200. The van der Waals surface area contributed by atoms with Crippen molar-refractivity contribution in [2.24, 2.45) is 0 Å². The number of nitrogens with zero attached hydrogens (tertiary/aromatic N) is 3. The van der Waals surface area contributed by atoms with E-state index in [1.165, 1.54) is 11.3 Å². The Morgan fingerprint density at radius 1 is 1.00 bits per heavy atom. The molecule has 33 heavy (non-hydrogen) atoms. The van der Waals surface area contributed by atoms with Crippen LogP contribution in [0.15, 0.2) is 71.9 Å². The number of fused-ring (bicyclic) bond motifs is 1. The van der Waals surface area contributed by atoms with Crippen LogP contribution in [0.4, 0.5) is 5.13 Å². The van der Waals surface area contributed by atoms with Crippen LogP contribution >= 0.6 is 23.1 Å². The number of amides is 1. The molecule has 1 amide bonds. The molecule has 2 aromatic carbocycles. The molecule has 0 bridgehead atoms. The van der Waals surface area contributed by atoms with Gasteiger partial charge >= 0.3 is 0 Å². The van der Waals surface area contributed by atoms with Gasteiger partial charge in [-0.1, -0.05) is 11.3 Å². The second kappa shape index (κ2) is 11.2. The summed E-state index contributed by atoms with van der Waals surface area (Å²) in [4.78, 5) is 25.0. The summed E-state index contributed by atoms with van der Waals surface area (Å²) in [6, 6.07) is 17.6. The summed E-state index contributed by atoms with van der Waals surface area (Å²) >= 11 is 3.24. The number of benzene rings is 2. The maximum absolute atomic E-state index is 13.3. The van der Waals surface area contributed by atoms with E-state index in [1.807, 2.05) is 54.6 Å². The molecule has 8 heteroatoms. The van der Waals surface area contributed by atoms with E-state index in [2.05, 4.69) is 4.98 Å². The highest BCUT2D eigenvalue weighted by Gasteiger charge is 2.20. The first-order chi connectivity index (χ1) is 16.2. The zero-order chi connectivity index (χ0) is 23.0.